The van der Waals surface area contributed by atoms with Crippen molar-refractivity contribution in [1.29, 1.82) is 0 Å². The van der Waals surface area contributed by atoms with Gasteiger partial charge in [-0.2, -0.15) is 0 Å². The minimum Gasteiger partial charge on any atom is -0.379 e. The van der Waals surface area contributed by atoms with E-state index in [1.54, 1.807) is 0 Å². The minimum absolute atomic E-state index is 0.0588. The van der Waals surface area contributed by atoms with E-state index in [2.05, 4.69) is 9.62 Å². The summed E-state index contributed by atoms with van der Waals surface area (Å²) in [5, 5.41) is -0.222. The van der Waals surface area contributed by atoms with Crippen LogP contribution in [0.4, 0.5) is 4.39 Å². The van der Waals surface area contributed by atoms with Crippen molar-refractivity contribution in [2.24, 2.45) is 7.05 Å². The van der Waals surface area contributed by atoms with Crippen molar-refractivity contribution in [1.82, 2.24) is 14.2 Å². The number of aryl methyl sites for hydroxylation is 1. The fourth-order valence-electron chi connectivity index (χ4n) is 3.05. The summed E-state index contributed by atoms with van der Waals surface area (Å²) in [6.07, 6.45) is 1.93. The Morgan fingerprint density at radius 1 is 1.31 bits per heavy atom. The third-order valence-corrected chi connectivity index (χ3v) is 6.19. The maximum absolute atomic E-state index is 13.3. The Hall–Kier alpha value is -1.45. The van der Waals surface area contributed by atoms with E-state index in [9.17, 15) is 12.8 Å². The summed E-state index contributed by atoms with van der Waals surface area (Å²) in [5.74, 6) is -0.652. The molecule has 1 saturated heterocycles. The fourth-order valence-corrected chi connectivity index (χ4v) is 4.36. The molecular formula is C17H21ClFN3O3S. The van der Waals surface area contributed by atoms with Crippen molar-refractivity contribution in [2.45, 2.75) is 10.9 Å². The molecule has 1 aromatic heterocycles. The third-order valence-electron chi connectivity index (χ3n) is 4.48. The maximum Gasteiger partial charge on any atom is 0.240 e. The fraction of sp³-hybridized carbons (Fsp3) is 0.412. The van der Waals surface area contributed by atoms with Crippen LogP contribution in [-0.4, -0.2) is 50.7 Å². The Labute approximate surface area is 157 Å². The van der Waals surface area contributed by atoms with Gasteiger partial charge in [0.25, 0.3) is 0 Å². The average Bonchev–Trinajstić information content (AvgIpc) is 3.04. The summed E-state index contributed by atoms with van der Waals surface area (Å²) in [6, 6.07) is 7.14. The molecule has 1 aliphatic rings. The Morgan fingerprint density at radius 2 is 2.04 bits per heavy atom. The van der Waals surface area contributed by atoms with Gasteiger partial charge in [0.1, 0.15) is 5.82 Å². The number of halogens is 2. The van der Waals surface area contributed by atoms with Crippen LogP contribution >= 0.6 is 11.6 Å². The standard InChI is InChI=1S/C17H21ClFN3O3S/c1-21-6-2-3-16(21)17(22-7-9-25-10-8-22)12-20-26(23,24)13-4-5-15(19)14(18)11-13/h2-6,11,17,20H,7-10,12H2,1H3. The van der Waals surface area contributed by atoms with Crippen LogP contribution in [-0.2, 0) is 21.8 Å². The summed E-state index contributed by atoms with van der Waals surface area (Å²) in [6.45, 7) is 2.86. The highest BCUT2D eigenvalue weighted by Crippen LogP contribution is 2.23. The van der Waals surface area contributed by atoms with Crippen LogP contribution in [0.5, 0.6) is 0 Å². The highest BCUT2D eigenvalue weighted by atomic mass is 35.5. The zero-order valence-electron chi connectivity index (χ0n) is 14.4. The summed E-state index contributed by atoms with van der Waals surface area (Å²) >= 11 is 5.71. The normalized spacial score (nSPS) is 17.3. The molecule has 0 bridgehead atoms. The van der Waals surface area contributed by atoms with E-state index in [0.717, 1.165) is 30.9 Å². The topological polar surface area (TPSA) is 63.6 Å². The van der Waals surface area contributed by atoms with Crippen molar-refractivity contribution < 1.29 is 17.5 Å². The summed E-state index contributed by atoms with van der Waals surface area (Å²) in [5.41, 5.74) is 1.01. The number of hydrogen-bond acceptors (Lipinski definition) is 4. The smallest absolute Gasteiger partial charge is 0.240 e. The van der Waals surface area contributed by atoms with Crippen LogP contribution in [0.1, 0.15) is 11.7 Å². The number of aromatic nitrogens is 1. The van der Waals surface area contributed by atoms with Gasteiger partial charge in [0.15, 0.2) is 0 Å². The Balaban J connectivity index is 1.80. The second kappa shape index (κ2) is 8.06. The second-order valence-electron chi connectivity index (χ2n) is 6.14. The molecule has 1 N–H and O–H groups in total. The molecule has 1 atom stereocenters. The Morgan fingerprint density at radius 3 is 2.65 bits per heavy atom. The quantitative estimate of drug-likeness (QED) is 0.805. The molecule has 142 valence electrons. The molecule has 2 heterocycles. The molecular weight excluding hydrogens is 381 g/mol. The van der Waals surface area contributed by atoms with Crippen molar-refractivity contribution in [3.05, 3.63) is 53.1 Å². The molecule has 1 aromatic carbocycles. The van der Waals surface area contributed by atoms with Crippen molar-refractivity contribution in [3.63, 3.8) is 0 Å². The molecule has 0 radical (unpaired) electrons. The van der Waals surface area contributed by atoms with E-state index in [-0.39, 0.29) is 22.5 Å². The zero-order chi connectivity index (χ0) is 18.7. The van der Waals surface area contributed by atoms with Gasteiger partial charge in [-0.05, 0) is 30.3 Å². The zero-order valence-corrected chi connectivity index (χ0v) is 15.9. The van der Waals surface area contributed by atoms with Gasteiger partial charge < -0.3 is 9.30 Å². The van der Waals surface area contributed by atoms with Crippen LogP contribution in [0.3, 0.4) is 0 Å². The number of hydrogen-bond donors (Lipinski definition) is 1. The minimum atomic E-state index is -3.81. The van der Waals surface area contributed by atoms with Gasteiger partial charge in [-0.3, -0.25) is 4.90 Å². The molecule has 0 spiro atoms. The maximum atomic E-state index is 13.3. The van der Waals surface area contributed by atoms with E-state index in [4.69, 9.17) is 16.3 Å². The van der Waals surface area contributed by atoms with Gasteiger partial charge in [0, 0.05) is 38.6 Å². The predicted octanol–water partition coefficient (Wildman–Crippen LogP) is 2.17. The number of nitrogens with one attached hydrogen (secondary N) is 1. The van der Waals surface area contributed by atoms with E-state index >= 15 is 0 Å². The molecule has 1 unspecified atom stereocenters. The van der Waals surface area contributed by atoms with E-state index < -0.39 is 15.8 Å². The number of morpholine rings is 1. The van der Waals surface area contributed by atoms with Crippen LogP contribution in [0.25, 0.3) is 0 Å². The Kier molecular flexibility index (Phi) is 5.99. The highest BCUT2D eigenvalue weighted by Gasteiger charge is 2.26. The van der Waals surface area contributed by atoms with E-state index in [1.165, 1.54) is 6.07 Å². The lowest BCUT2D eigenvalue weighted by Gasteiger charge is -2.34. The Bertz CT molecular complexity index is 866. The van der Waals surface area contributed by atoms with Crippen molar-refractivity contribution in [3.8, 4) is 0 Å². The summed E-state index contributed by atoms with van der Waals surface area (Å²) in [7, 11) is -1.88. The van der Waals surface area contributed by atoms with Crippen LogP contribution in [0.2, 0.25) is 5.02 Å². The molecule has 0 saturated carbocycles. The molecule has 2 aromatic rings. The van der Waals surface area contributed by atoms with Crippen LogP contribution < -0.4 is 4.72 Å². The molecule has 3 rings (SSSR count). The van der Waals surface area contributed by atoms with Gasteiger partial charge in [0.2, 0.25) is 10.0 Å². The van der Waals surface area contributed by atoms with Crippen molar-refractivity contribution in [2.75, 3.05) is 32.8 Å². The molecule has 1 aliphatic heterocycles. The number of ether oxygens (including phenoxy) is 1. The summed E-state index contributed by atoms with van der Waals surface area (Å²) in [4.78, 5) is 2.13. The summed E-state index contributed by atoms with van der Waals surface area (Å²) < 4.78 is 48.5. The first-order valence-corrected chi connectivity index (χ1v) is 10.1. The van der Waals surface area contributed by atoms with E-state index in [0.29, 0.717) is 13.2 Å². The van der Waals surface area contributed by atoms with Gasteiger partial charge in [0.05, 0.1) is 29.2 Å². The molecule has 0 amide bonds. The number of nitrogens with zero attached hydrogens (tertiary/aromatic N) is 2. The molecule has 0 aliphatic carbocycles. The molecule has 9 heteroatoms. The van der Waals surface area contributed by atoms with Gasteiger partial charge in [-0.15, -0.1) is 0 Å². The first kappa shape index (κ1) is 19.3. The first-order chi connectivity index (χ1) is 12.4. The van der Waals surface area contributed by atoms with Gasteiger partial charge in [-0.25, -0.2) is 17.5 Å². The lowest BCUT2D eigenvalue weighted by atomic mass is 10.1. The predicted molar refractivity (Wildman–Crippen MR) is 97.1 cm³/mol. The van der Waals surface area contributed by atoms with Gasteiger partial charge >= 0.3 is 0 Å². The number of rotatable bonds is 6. The number of sulfonamides is 1. The third kappa shape index (κ3) is 4.27. The lowest BCUT2D eigenvalue weighted by molar-refractivity contribution is 0.0158. The van der Waals surface area contributed by atoms with Crippen LogP contribution in [0, 0.1) is 5.82 Å². The molecule has 26 heavy (non-hydrogen) atoms. The van der Waals surface area contributed by atoms with Crippen LogP contribution in [0.15, 0.2) is 41.4 Å². The van der Waals surface area contributed by atoms with Crippen molar-refractivity contribution >= 4 is 21.6 Å². The largest absolute Gasteiger partial charge is 0.379 e. The molecule has 1 fully saturated rings. The monoisotopic (exact) mass is 401 g/mol. The van der Waals surface area contributed by atoms with E-state index in [1.807, 2.05) is 29.9 Å². The second-order valence-corrected chi connectivity index (χ2v) is 8.31. The SMILES string of the molecule is Cn1cccc1C(CNS(=O)(=O)c1ccc(F)c(Cl)c1)N1CCOCC1. The number of benzene rings is 1. The molecule has 6 nitrogen and oxygen atoms in total. The van der Waals surface area contributed by atoms with Gasteiger partial charge in [-0.1, -0.05) is 11.6 Å². The average molecular weight is 402 g/mol. The lowest BCUT2D eigenvalue weighted by Crippen LogP contribution is -2.44. The first-order valence-electron chi connectivity index (χ1n) is 8.26. The highest BCUT2D eigenvalue weighted by molar-refractivity contribution is 7.89.